The predicted octanol–water partition coefficient (Wildman–Crippen LogP) is 1.99. The van der Waals surface area contributed by atoms with E-state index in [1.807, 2.05) is 12.1 Å². The molecule has 2 N–H and O–H groups in total. The van der Waals surface area contributed by atoms with Crippen molar-refractivity contribution in [2.45, 2.75) is 31.7 Å². The number of ether oxygens (including phenoxy) is 2. The Kier molecular flexibility index (Phi) is 2.41. The van der Waals surface area contributed by atoms with E-state index in [1.54, 1.807) is 0 Å². The van der Waals surface area contributed by atoms with E-state index in [9.17, 15) is 0 Å². The standard InChI is InChI=1S/C14H17N3O2/c15-4-5-17-11-7-13-12(18-8-19-13)6-10(11)16-14(17)9-2-1-3-9/h6-7,9H,1-5,8,15H2. The van der Waals surface area contributed by atoms with Gasteiger partial charge in [0, 0.05) is 31.1 Å². The number of aromatic nitrogens is 2. The monoisotopic (exact) mass is 259 g/mol. The molecule has 1 aromatic heterocycles. The molecule has 100 valence electrons. The maximum atomic E-state index is 5.75. The molecule has 1 aliphatic carbocycles. The first-order valence-electron chi connectivity index (χ1n) is 6.86. The second-order valence-corrected chi connectivity index (χ2v) is 5.23. The Morgan fingerprint density at radius 1 is 1.26 bits per heavy atom. The average Bonchev–Trinajstić information content (AvgIpc) is 2.90. The number of hydrogen-bond donors (Lipinski definition) is 1. The normalized spacial score (nSPS) is 17.9. The molecule has 5 heteroatoms. The van der Waals surface area contributed by atoms with Gasteiger partial charge in [0.05, 0.1) is 11.0 Å². The summed E-state index contributed by atoms with van der Waals surface area (Å²) in [5.74, 6) is 3.38. The SMILES string of the molecule is NCCn1c(C2CCC2)nc2cc3c(cc21)OCO3. The summed E-state index contributed by atoms with van der Waals surface area (Å²) in [6.45, 7) is 1.73. The zero-order valence-electron chi connectivity index (χ0n) is 10.8. The van der Waals surface area contributed by atoms with Crippen molar-refractivity contribution >= 4 is 11.0 Å². The van der Waals surface area contributed by atoms with Crippen LogP contribution in [0.1, 0.15) is 31.0 Å². The van der Waals surface area contributed by atoms with E-state index in [-0.39, 0.29) is 0 Å². The Balaban J connectivity index is 1.89. The van der Waals surface area contributed by atoms with Crippen LogP contribution in [0.25, 0.3) is 11.0 Å². The number of nitrogens with zero attached hydrogens (tertiary/aromatic N) is 2. The lowest BCUT2D eigenvalue weighted by Gasteiger charge is -2.25. The van der Waals surface area contributed by atoms with Crippen molar-refractivity contribution in [2.75, 3.05) is 13.3 Å². The molecule has 0 unspecified atom stereocenters. The number of fused-ring (bicyclic) bond motifs is 2. The van der Waals surface area contributed by atoms with Gasteiger partial charge >= 0.3 is 0 Å². The van der Waals surface area contributed by atoms with E-state index in [0.717, 1.165) is 29.1 Å². The van der Waals surface area contributed by atoms with Crippen LogP contribution in [0.4, 0.5) is 0 Å². The van der Waals surface area contributed by atoms with E-state index in [1.165, 1.54) is 25.1 Å². The molecule has 0 radical (unpaired) electrons. The molecular formula is C14H17N3O2. The summed E-state index contributed by atoms with van der Waals surface area (Å²) in [6, 6.07) is 4.01. The highest BCUT2D eigenvalue weighted by Gasteiger charge is 2.27. The van der Waals surface area contributed by atoms with E-state index in [0.29, 0.717) is 19.3 Å². The molecule has 5 nitrogen and oxygen atoms in total. The molecule has 0 saturated heterocycles. The zero-order valence-corrected chi connectivity index (χ0v) is 10.8. The molecule has 1 aliphatic heterocycles. The van der Waals surface area contributed by atoms with Crippen LogP contribution in [0.15, 0.2) is 12.1 Å². The second-order valence-electron chi connectivity index (χ2n) is 5.23. The highest BCUT2D eigenvalue weighted by molar-refractivity contribution is 5.81. The smallest absolute Gasteiger partial charge is 0.231 e. The fourth-order valence-corrected chi connectivity index (χ4v) is 2.88. The third-order valence-electron chi connectivity index (χ3n) is 4.10. The minimum atomic E-state index is 0.300. The van der Waals surface area contributed by atoms with Gasteiger partial charge < -0.3 is 19.8 Å². The van der Waals surface area contributed by atoms with Gasteiger partial charge in [-0.25, -0.2) is 4.98 Å². The quantitative estimate of drug-likeness (QED) is 0.915. The van der Waals surface area contributed by atoms with Crippen LogP contribution in [0.2, 0.25) is 0 Å². The van der Waals surface area contributed by atoms with Crippen LogP contribution in [0.5, 0.6) is 11.5 Å². The summed E-state index contributed by atoms with van der Waals surface area (Å²) in [5, 5.41) is 0. The Bertz CT molecular complexity index is 631. The third-order valence-corrected chi connectivity index (χ3v) is 4.10. The molecule has 0 atom stereocenters. The lowest BCUT2D eigenvalue weighted by molar-refractivity contribution is 0.174. The van der Waals surface area contributed by atoms with Gasteiger partial charge in [0.15, 0.2) is 11.5 Å². The lowest BCUT2D eigenvalue weighted by atomic mass is 9.85. The minimum absolute atomic E-state index is 0.300. The molecule has 1 aromatic carbocycles. The van der Waals surface area contributed by atoms with E-state index in [2.05, 4.69) is 4.57 Å². The molecule has 1 saturated carbocycles. The maximum Gasteiger partial charge on any atom is 0.231 e. The summed E-state index contributed by atoms with van der Waals surface area (Å²) < 4.78 is 13.1. The van der Waals surface area contributed by atoms with Crippen LogP contribution in [-0.4, -0.2) is 22.9 Å². The Labute approximate surface area is 111 Å². The van der Waals surface area contributed by atoms with Crippen molar-refractivity contribution in [2.24, 2.45) is 5.73 Å². The predicted molar refractivity (Wildman–Crippen MR) is 71.5 cm³/mol. The number of hydrogen-bond acceptors (Lipinski definition) is 4. The summed E-state index contributed by atoms with van der Waals surface area (Å²) in [5.41, 5.74) is 7.84. The van der Waals surface area contributed by atoms with Gasteiger partial charge in [0.25, 0.3) is 0 Å². The van der Waals surface area contributed by atoms with Gasteiger partial charge in [-0.2, -0.15) is 0 Å². The summed E-state index contributed by atoms with van der Waals surface area (Å²) in [6.07, 6.45) is 3.78. The van der Waals surface area contributed by atoms with Crippen LogP contribution in [0, 0.1) is 0 Å². The summed E-state index contributed by atoms with van der Waals surface area (Å²) >= 11 is 0. The van der Waals surface area contributed by atoms with Crippen LogP contribution >= 0.6 is 0 Å². The number of nitrogens with two attached hydrogens (primary N) is 1. The zero-order chi connectivity index (χ0) is 12.8. The fourth-order valence-electron chi connectivity index (χ4n) is 2.88. The summed E-state index contributed by atoms with van der Waals surface area (Å²) in [7, 11) is 0. The second kappa shape index (κ2) is 4.13. The van der Waals surface area contributed by atoms with E-state index < -0.39 is 0 Å². The molecule has 2 aliphatic rings. The van der Waals surface area contributed by atoms with Crippen molar-refractivity contribution in [3.05, 3.63) is 18.0 Å². The molecule has 0 bridgehead atoms. The lowest BCUT2D eigenvalue weighted by Crippen LogP contribution is -2.18. The third kappa shape index (κ3) is 1.61. The molecule has 0 spiro atoms. The van der Waals surface area contributed by atoms with Crippen LogP contribution in [0.3, 0.4) is 0 Å². The largest absolute Gasteiger partial charge is 0.454 e. The molecule has 0 amide bonds. The summed E-state index contributed by atoms with van der Waals surface area (Å²) in [4.78, 5) is 4.80. The Morgan fingerprint density at radius 2 is 2.05 bits per heavy atom. The van der Waals surface area contributed by atoms with Crippen LogP contribution < -0.4 is 15.2 Å². The Hall–Kier alpha value is -1.75. The van der Waals surface area contributed by atoms with Gasteiger partial charge in [0.2, 0.25) is 6.79 Å². The fraction of sp³-hybridized carbons (Fsp3) is 0.500. The van der Waals surface area contributed by atoms with Crippen molar-refractivity contribution < 1.29 is 9.47 Å². The van der Waals surface area contributed by atoms with Crippen molar-refractivity contribution in [3.63, 3.8) is 0 Å². The first-order chi connectivity index (χ1) is 9.36. The van der Waals surface area contributed by atoms with Gasteiger partial charge in [-0.05, 0) is 12.8 Å². The minimum Gasteiger partial charge on any atom is -0.454 e. The molecule has 19 heavy (non-hydrogen) atoms. The van der Waals surface area contributed by atoms with Gasteiger partial charge in [-0.1, -0.05) is 6.42 Å². The van der Waals surface area contributed by atoms with Gasteiger partial charge in [-0.15, -0.1) is 0 Å². The van der Waals surface area contributed by atoms with Crippen LogP contribution in [-0.2, 0) is 6.54 Å². The van der Waals surface area contributed by atoms with Crippen molar-refractivity contribution in [3.8, 4) is 11.5 Å². The van der Waals surface area contributed by atoms with E-state index >= 15 is 0 Å². The van der Waals surface area contributed by atoms with Gasteiger partial charge in [0.1, 0.15) is 5.82 Å². The first-order valence-corrected chi connectivity index (χ1v) is 6.86. The highest BCUT2D eigenvalue weighted by Crippen LogP contribution is 2.40. The maximum absolute atomic E-state index is 5.75. The molecular weight excluding hydrogens is 242 g/mol. The molecule has 1 fully saturated rings. The van der Waals surface area contributed by atoms with E-state index in [4.69, 9.17) is 20.2 Å². The molecule has 2 aromatic rings. The highest BCUT2D eigenvalue weighted by atomic mass is 16.7. The van der Waals surface area contributed by atoms with Crippen molar-refractivity contribution in [1.29, 1.82) is 0 Å². The van der Waals surface area contributed by atoms with Gasteiger partial charge in [-0.3, -0.25) is 0 Å². The Morgan fingerprint density at radius 3 is 2.74 bits per heavy atom. The molecule has 4 rings (SSSR count). The number of rotatable bonds is 3. The average molecular weight is 259 g/mol. The first kappa shape index (κ1) is 11.1. The number of benzene rings is 1. The van der Waals surface area contributed by atoms with Crippen molar-refractivity contribution in [1.82, 2.24) is 9.55 Å². The number of imidazole rings is 1. The molecule has 2 heterocycles. The topological polar surface area (TPSA) is 62.3 Å².